The molecule has 0 aliphatic carbocycles. The van der Waals surface area contributed by atoms with Crippen LogP contribution in [0.2, 0.25) is 0 Å². The number of H-pyrrole nitrogens is 1. The third kappa shape index (κ3) is 2.48. The number of fused-ring (bicyclic) bond motifs is 2. The minimum atomic E-state index is -0.0289. The Morgan fingerprint density at radius 3 is 2.61 bits per heavy atom. The van der Waals surface area contributed by atoms with E-state index in [-0.39, 0.29) is 5.88 Å². The maximum Gasteiger partial charge on any atom is 0.218 e. The lowest BCUT2D eigenvalue weighted by atomic mass is 10.2. The van der Waals surface area contributed by atoms with Crippen LogP contribution in [0.3, 0.4) is 0 Å². The fraction of sp³-hybridized carbons (Fsp3) is 0.176. The molecule has 3 aromatic rings. The number of nitrogens with one attached hydrogen (secondary N) is 1. The second-order valence-corrected chi connectivity index (χ2v) is 5.40. The number of hydrogen-bond acceptors (Lipinski definition) is 5. The van der Waals surface area contributed by atoms with Crippen molar-refractivity contribution in [3.63, 3.8) is 0 Å². The summed E-state index contributed by atoms with van der Waals surface area (Å²) < 4.78 is 11.1. The number of aryl methyl sites for hydroxylation is 1. The molecule has 1 aromatic heterocycles. The predicted molar refractivity (Wildman–Crippen MR) is 86.3 cm³/mol. The van der Waals surface area contributed by atoms with Gasteiger partial charge in [-0.1, -0.05) is 12.1 Å². The van der Waals surface area contributed by atoms with Crippen LogP contribution >= 0.6 is 0 Å². The molecule has 0 bridgehead atoms. The Balaban J connectivity index is 1.78. The summed E-state index contributed by atoms with van der Waals surface area (Å²) in [6, 6.07) is 11.3. The number of azo groups is 1. The normalized spacial score (nSPS) is 13.8. The maximum atomic E-state index is 10.1. The molecule has 0 atom stereocenters. The molecule has 23 heavy (non-hydrogen) atoms. The van der Waals surface area contributed by atoms with E-state index in [1.165, 1.54) is 0 Å². The highest BCUT2D eigenvalue weighted by molar-refractivity contribution is 5.96. The fourth-order valence-corrected chi connectivity index (χ4v) is 2.60. The number of nitrogens with zero attached hydrogens (tertiary/aromatic N) is 2. The Labute approximate surface area is 132 Å². The Morgan fingerprint density at radius 1 is 1.04 bits per heavy atom. The third-order valence-electron chi connectivity index (χ3n) is 3.68. The summed E-state index contributed by atoms with van der Waals surface area (Å²) in [5.41, 5.74) is 2.95. The number of benzene rings is 2. The highest BCUT2D eigenvalue weighted by atomic mass is 16.6. The molecule has 6 nitrogen and oxygen atoms in total. The molecule has 2 aromatic carbocycles. The second kappa shape index (κ2) is 5.31. The number of rotatable bonds is 2. The lowest BCUT2D eigenvalue weighted by Crippen LogP contribution is -2.15. The molecular formula is C17H15N3O3. The van der Waals surface area contributed by atoms with Crippen LogP contribution < -0.4 is 9.47 Å². The standard InChI is InChI=1S/C17H15N3O3/c1-10-3-2-4-11(7-10)19-20-16-12-8-14-15(23-6-5-22-14)9-13(12)18-17(16)21/h2-4,7-9,18,21H,5-6H2,1H3. The molecule has 0 radical (unpaired) electrons. The first-order chi connectivity index (χ1) is 11.2. The van der Waals surface area contributed by atoms with Crippen LogP contribution in [-0.2, 0) is 0 Å². The van der Waals surface area contributed by atoms with Crippen LogP contribution in [0.1, 0.15) is 5.56 Å². The van der Waals surface area contributed by atoms with Crippen molar-refractivity contribution >= 4 is 22.3 Å². The van der Waals surface area contributed by atoms with Gasteiger partial charge < -0.3 is 19.6 Å². The molecule has 2 N–H and O–H groups in total. The first kappa shape index (κ1) is 13.6. The van der Waals surface area contributed by atoms with Crippen molar-refractivity contribution in [2.45, 2.75) is 6.92 Å². The molecule has 1 aliphatic rings. The fourth-order valence-electron chi connectivity index (χ4n) is 2.60. The summed E-state index contributed by atoms with van der Waals surface area (Å²) in [6.07, 6.45) is 0. The van der Waals surface area contributed by atoms with Gasteiger partial charge >= 0.3 is 0 Å². The van der Waals surface area contributed by atoms with Crippen molar-refractivity contribution in [2.24, 2.45) is 10.2 Å². The van der Waals surface area contributed by atoms with Gasteiger partial charge in [-0.3, -0.25) is 0 Å². The topological polar surface area (TPSA) is 79.2 Å². The Kier molecular flexibility index (Phi) is 3.15. The number of aromatic hydroxyl groups is 1. The summed E-state index contributed by atoms with van der Waals surface area (Å²) in [5.74, 6) is 1.28. The van der Waals surface area contributed by atoms with Crippen LogP contribution in [0, 0.1) is 6.92 Å². The van der Waals surface area contributed by atoms with Gasteiger partial charge in [0.1, 0.15) is 13.2 Å². The summed E-state index contributed by atoms with van der Waals surface area (Å²) in [6.45, 7) is 3.02. The molecule has 0 amide bonds. The van der Waals surface area contributed by atoms with Crippen molar-refractivity contribution in [1.29, 1.82) is 0 Å². The van der Waals surface area contributed by atoms with Crippen molar-refractivity contribution in [3.05, 3.63) is 42.0 Å². The zero-order valence-corrected chi connectivity index (χ0v) is 12.5. The molecule has 0 saturated heterocycles. The highest BCUT2D eigenvalue weighted by Gasteiger charge is 2.18. The Hall–Kier alpha value is -3.02. The van der Waals surface area contributed by atoms with E-state index >= 15 is 0 Å². The van der Waals surface area contributed by atoms with E-state index in [0.29, 0.717) is 30.4 Å². The van der Waals surface area contributed by atoms with Crippen molar-refractivity contribution in [3.8, 4) is 17.4 Å². The summed E-state index contributed by atoms with van der Waals surface area (Å²) in [5, 5.41) is 19.3. The molecule has 2 heterocycles. The molecule has 0 fully saturated rings. The lowest BCUT2D eigenvalue weighted by Gasteiger charge is -2.18. The minimum Gasteiger partial charge on any atom is -0.493 e. The van der Waals surface area contributed by atoms with Gasteiger partial charge in [0.2, 0.25) is 5.88 Å². The zero-order valence-electron chi connectivity index (χ0n) is 12.5. The summed E-state index contributed by atoms with van der Waals surface area (Å²) in [7, 11) is 0. The molecule has 0 unspecified atom stereocenters. The zero-order chi connectivity index (χ0) is 15.8. The van der Waals surface area contributed by atoms with Gasteiger partial charge in [0.15, 0.2) is 17.2 Å². The monoisotopic (exact) mass is 309 g/mol. The van der Waals surface area contributed by atoms with Crippen LogP contribution in [0.25, 0.3) is 10.9 Å². The average molecular weight is 309 g/mol. The summed E-state index contributed by atoms with van der Waals surface area (Å²) in [4.78, 5) is 2.89. The lowest BCUT2D eigenvalue weighted by molar-refractivity contribution is 0.172. The largest absolute Gasteiger partial charge is 0.493 e. The molecule has 6 heteroatoms. The van der Waals surface area contributed by atoms with E-state index in [1.54, 1.807) is 6.07 Å². The summed E-state index contributed by atoms with van der Waals surface area (Å²) >= 11 is 0. The molecule has 0 spiro atoms. The van der Waals surface area contributed by atoms with Gasteiger partial charge in [-0.05, 0) is 30.7 Å². The van der Waals surface area contributed by atoms with Gasteiger partial charge in [0.25, 0.3) is 0 Å². The minimum absolute atomic E-state index is 0.0289. The Morgan fingerprint density at radius 2 is 1.83 bits per heavy atom. The first-order valence-corrected chi connectivity index (χ1v) is 7.33. The van der Waals surface area contributed by atoms with Crippen LogP contribution in [0.5, 0.6) is 17.4 Å². The highest BCUT2D eigenvalue weighted by Crippen LogP contribution is 2.42. The first-order valence-electron chi connectivity index (χ1n) is 7.33. The van der Waals surface area contributed by atoms with E-state index in [4.69, 9.17) is 9.47 Å². The van der Waals surface area contributed by atoms with Crippen molar-refractivity contribution < 1.29 is 14.6 Å². The van der Waals surface area contributed by atoms with Gasteiger partial charge in [-0.2, -0.15) is 5.11 Å². The number of ether oxygens (including phenoxy) is 2. The van der Waals surface area contributed by atoms with Gasteiger partial charge in [-0.25, -0.2) is 0 Å². The molecule has 116 valence electrons. The smallest absolute Gasteiger partial charge is 0.218 e. The van der Waals surface area contributed by atoms with Crippen LogP contribution in [0.15, 0.2) is 46.6 Å². The van der Waals surface area contributed by atoms with Gasteiger partial charge in [0, 0.05) is 11.5 Å². The van der Waals surface area contributed by atoms with E-state index in [9.17, 15) is 5.11 Å². The van der Waals surface area contributed by atoms with E-state index < -0.39 is 0 Å². The van der Waals surface area contributed by atoms with E-state index in [2.05, 4.69) is 15.2 Å². The SMILES string of the molecule is Cc1cccc(N=Nc2c(O)[nH]c3cc4c(cc23)OCCO4)c1. The van der Waals surface area contributed by atoms with Crippen LogP contribution in [0.4, 0.5) is 11.4 Å². The molecule has 0 saturated carbocycles. The number of aromatic amines is 1. The number of hydrogen-bond donors (Lipinski definition) is 2. The average Bonchev–Trinajstić information content (AvgIpc) is 2.85. The van der Waals surface area contributed by atoms with Gasteiger partial charge in [-0.15, -0.1) is 5.11 Å². The number of aromatic nitrogens is 1. The predicted octanol–water partition coefficient (Wildman–Crippen LogP) is 4.37. The molecule has 4 rings (SSSR count). The quantitative estimate of drug-likeness (QED) is 0.690. The molecule has 1 aliphatic heterocycles. The second-order valence-electron chi connectivity index (χ2n) is 5.40. The maximum absolute atomic E-state index is 10.1. The van der Waals surface area contributed by atoms with Gasteiger partial charge in [0.05, 0.1) is 11.2 Å². The van der Waals surface area contributed by atoms with Crippen molar-refractivity contribution in [2.75, 3.05) is 13.2 Å². The van der Waals surface area contributed by atoms with Crippen molar-refractivity contribution in [1.82, 2.24) is 4.98 Å². The Bertz CT molecular complexity index is 915. The van der Waals surface area contributed by atoms with E-state index in [0.717, 1.165) is 22.2 Å². The molecular weight excluding hydrogens is 294 g/mol. The third-order valence-corrected chi connectivity index (χ3v) is 3.68. The van der Waals surface area contributed by atoms with Crippen LogP contribution in [-0.4, -0.2) is 23.3 Å². The van der Waals surface area contributed by atoms with E-state index in [1.807, 2.05) is 37.3 Å².